The summed E-state index contributed by atoms with van der Waals surface area (Å²) in [6.07, 6.45) is 1.27. The molecule has 2 aromatic carbocycles. The van der Waals surface area contributed by atoms with Gasteiger partial charge in [0.15, 0.2) is 0 Å². The SMILES string of the molecule is CC(Cc1ccc(O)c(C(C)(C)C)c1)NC(=O)C(NCC(N)Cc1ccc(F)cc1)C(C)C. The second-order valence-electron chi connectivity index (χ2n) is 10.4. The molecule has 3 unspecified atom stereocenters. The third-order valence-corrected chi connectivity index (χ3v) is 5.76. The molecule has 5 nitrogen and oxygen atoms in total. The smallest absolute Gasteiger partial charge is 0.237 e. The van der Waals surface area contributed by atoms with Crippen LogP contribution >= 0.6 is 0 Å². The van der Waals surface area contributed by atoms with Crippen LogP contribution in [0.4, 0.5) is 4.39 Å². The van der Waals surface area contributed by atoms with E-state index in [9.17, 15) is 14.3 Å². The summed E-state index contributed by atoms with van der Waals surface area (Å²) >= 11 is 0. The van der Waals surface area contributed by atoms with Crippen LogP contribution < -0.4 is 16.4 Å². The van der Waals surface area contributed by atoms with Crippen molar-refractivity contribution in [1.82, 2.24) is 10.6 Å². The number of rotatable bonds is 10. The topological polar surface area (TPSA) is 87.4 Å². The van der Waals surface area contributed by atoms with Crippen molar-refractivity contribution in [2.75, 3.05) is 6.54 Å². The number of halogens is 1. The van der Waals surface area contributed by atoms with Gasteiger partial charge in [-0.15, -0.1) is 0 Å². The second-order valence-corrected chi connectivity index (χ2v) is 10.4. The zero-order valence-electron chi connectivity index (χ0n) is 20.8. The van der Waals surface area contributed by atoms with Crippen LogP contribution in [0.1, 0.15) is 58.2 Å². The summed E-state index contributed by atoms with van der Waals surface area (Å²) in [5, 5.41) is 16.6. The van der Waals surface area contributed by atoms with E-state index in [0.717, 1.165) is 16.7 Å². The molecule has 0 bridgehead atoms. The molecule has 33 heavy (non-hydrogen) atoms. The van der Waals surface area contributed by atoms with Gasteiger partial charge >= 0.3 is 0 Å². The van der Waals surface area contributed by atoms with Gasteiger partial charge in [-0.25, -0.2) is 4.39 Å². The van der Waals surface area contributed by atoms with E-state index in [4.69, 9.17) is 5.73 Å². The largest absolute Gasteiger partial charge is 0.508 e. The van der Waals surface area contributed by atoms with Crippen molar-refractivity contribution >= 4 is 5.91 Å². The minimum absolute atomic E-state index is 0.0543. The van der Waals surface area contributed by atoms with Crippen molar-refractivity contribution < 1.29 is 14.3 Å². The highest BCUT2D eigenvalue weighted by molar-refractivity contribution is 5.82. The maximum absolute atomic E-state index is 13.1. The molecule has 0 aliphatic rings. The summed E-state index contributed by atoms with van der Waals surface area (Å²) in [6.45, 7) is 12.7. The third kappa shape index (κ3) is 8.45. The number of carbonyl (C=O) groups excluding carboxylic acids is 1. The van der Waals surface area contributed by atoms with Crippen LogP contribution in [0.25, 0.3) is 0 Å². The van der Waals surface area contributed by atoms with Crippen LogP contribution in [0.2, 0.25) is 0 Å². The van der Waals surface area contributed by atoms with Gasteiger partial charge in [-0.3, -0.25) is 4.79 Å². The van der Waals surface area contributed by atoms with E-state index in [-0.39, 0.29) is 41.2 Å². The lowest BCUT2D eigenvalue weighted by Gasteiger charge is -2.26. The zero-order valence-corrected chi connectivity index (χ0v) is 20.8. The molecule has 3 atom stereocenters. The van der Waals surface area contributed by atoms with Crippen LogP contribution in [0.5, 0.6) is 5.75 Å². The fourth-order valence-corrected chi connectivity index (χ4v) is 3.95. The highest BCUT2D eigenvalue weighted by Crippen LogP contribution is 2.31. The van der Waals surface area contributed by atoms with Gasteiger partial charge in [0.2, 0.25) is 5.91 Å². The molecule has 0 fully saturated rings. The molecule has 0 aromatic heterocycles. The van der Waals surface area contributed by atoms with E-state index >= 15 is 0 Å². The molecule has 0 aliphatic heterocycles. The molecule has 0 aliphatic carbocycles. The molecular weight excluding hydrogens is 417 g/mol. The number of hydrogen-bond acceptors (Lipinski definition) is 4. The van der Waals surface area contributed by atoms with Crippen LogP contribution in [0, 0.1) is 11.7 Å². The summed E-state index contributed by atoms with van der Waals surface area (Å²) in [7, 11) is 0. The predicted octanol–water partition coefficient (Wildman–Crippen LogP) is 4.06. The molecule has 2 aromatic rings. The van der Waals surface area contributed by atoms with Crippen molar-refractivity contribution in [3.8, 4) is 5.75 Å². The number of phenols is 1. The Kier molecular flexibility index (Phi) is 9.44. The first-order valence-corrected chi connectivity index (χ1v) is 11.7. The highest BCUT2D eigenvalue weighted by atomic mass is 19.1. The number of hydrogen-bond donors (Lipinski definition) is 4. The minimum Gasteiger partial charge on any atom is -0.508 e. The average molecular weight is 458 g/mol. The molecule has 0 spiro atoms. The van der Waals surface area contributed by atoms with E-state index < -0.39 is 0 Å². The number of phenolic OH excluding ortho intramolecular Hbond substituents is 1. The Morgan fingerprint density at radius 1 is 1.03 bits per heavy atom. The molecule has 5 N–H and O–H groups in total. The maximum Gasteiger partial charge on any atom is 0.237 e. The second kappa shape index (κ2) is 11.6. The van der Waals surface area contributed by atoms with Gasteiger partial charge in [-0.05, 0) is 66.0 Å². The summed E-state index contributed by atoms with van der Waals surface area (Å²) in [5.41, 5.74) is 9.02. The molecule has 0 saturated carbocycles. The van der Waals surface area contributed by atoms with Crippen molar-refractivity contribution in [3.05, 3.63) is 65.0 Å². The van der Waals surface area contributed by atoms with E-state index in [2.05, 4.69) is 31.4 Å². The molecular formula is C27H40FN3O2. The average Bonchev–Trinajstić information content (AvgIpc) is 2.70. The number of carbonyl (C=O) groups is 1. The number of amides is 1. The standard InChI is InChI=1S/C27H40FN3O2/c1-17(2)25(30-16-22(29)14-19-7-10-21(28)11-8-19)26(33)31-18(3)13-20-9-12-24(32)23(15-20)27(4,5)6/h7-12,15,17-18,22,25,30,32H,13-14,16,29H2,1-6H3,(H,31,33). The van der Waals surface area contributed by atoms with Crippen LogP contribution in [0.3, 0.4) is 0 Å². The predicted molar refractivity (Wildman–Crippen MR) is 133 cm³/mol. The normalized spacial score (nSPS) is 14.7. The minimum atomic E-state index is -0.364. The van der Waals surface area contributed by atoms with Crippen molar-refractivity contribution in [1.29, 1.82) is 0 Å². The van der Waals surface area contributed by atoms with Gasteiger partial charge in [0.25, 0.3) is 0 Å². The van der Waals surface area contributed by atoms with Gasteiger partial charge < -0.3 is 21.5 Å². The molecule has 0 radical (unpaired) electrons. The van der Waals surface area contributed by atoms with E-state index in [0.29, 0.717) is 25.1 Å². The first-order valence-electron chi connectivity index (χ1n) is 11.7. The summed E-state index contributed by atoms with van der Waals surface area (Å²) in [4.78, 5) is 13.0. The number of nitrogens with one attached hydrogen (secondary N) is 2. The maximum atomic E-state index is 13.1. The monoisotopic (exact) mass is 457 g/mol. The third-order valence-electron chi connectivity index (χ3n) is 5.76. The van der Waals surface area contributed by atoms with E-state index in [1.54, 1.807) is 18.2 Å². The first kappa shape index (κ1) is 26.8. The number of nitrogens with two attached hydrogens (primary N) is 1. The van der Waals surface area contributed by atoms with Crippen molar-refractivity contribution in [2.24, 2.45) is 11.7 Å². The molecule has 1 amide bonds. The Bertz CT molecular complexity index is 907. The quantitative estimate of drug-likeness (QED) is 0.433. The molecule has 182 valence electrons. The molecule has 0 saturated heterocycles. The lowest BCUT2D eigenvalue weighted by molar-refractivity contribution is -0.124. The fraction of sp³-hybridized carbons (Fsp3) is 0.519. The van der Waals surface area contributed by atoms with Crippen LogP contribution in [-0.2, 0) is 23.1 Å². The summed E-state index contributed by atoms with van der Waals surface area (Å²) in [5.74, 6) is 0.0692. The summed E-state index contributed by atoms with van der Waals surface area (Å²) < 4.78 is 13.1. The van der Waals surface area contributed by atoms with Gasteiger partial charge in [-0.2, -0.15) is 0 Å². The van der Waals surface area contributed by atoms with Crippen LogP contribution in [0.15, 0.2) is 42.5 Å². The Morgan fingerprint density at radius 2 is 1.64 bits per heavy atom. The van der Waals surface area contributed by atoms with Gasteiger partial charge in [-0.1, -0.05) is 58.9 Å². The van der Waals surface area contributed by atoms with Crippen molar-refractivity contribution in [3.63, 3.8) is 0 Å². The van der Waals surface area contributed by atoms with Crippen molar-refractivity contribution in [2.45, 2.75) is 77.9 Å². The Labute approximate surface area is 198 Å². The van der Waals surface area contributed by atoms with Gasteiger partial charge in [0.1, 0.15) is 11.6 Å². The number of benzene rings is 2. The fourth-order valence-electron chi connectivity index (χ4n) is 3.95. The summed E-state index contributed by atoms with van der Waals surface area (Å²) in [6, 6.07) is 11.4. The zero-order chi connectivity index (χ0) is 24.8. The Hall–Kier alpha value is -2.44. The Balaban J connectivity index is 1.93. The first-order chi connectivity index (χ1) is 15.4. The van der Waals surface area contributed by atoms with Gasteiger partial charge in [0.05, 0.1) is 6.04 Å². The Morgan fingerprint density at radius 3 is 2.21 bits per heavy atom. The van der Waals surface area contributed by atoms with Crippen LogP contribution in [-0.4, -0.2) is 35.7 Å². The van der Waals surface area contributed by atoms with E-state index in [1.165, 1.54) is 12.1 Å². The van der Waals surface area contributed by atoms with E-state index in [1.807, 2.05) is 32.9 Å². The lowest BCUT2D eigenvalue weighted by Crippen LogP contribution is -2.52. The number of aromatic hydroxyl groups is 1. The molecule has 6 heteroatoms. The molecule has 2 rings (SSSR count). The lowest BCUT2D eigenvalue weighted by atomic mass is 9.85. The molecule has 0 heterocycles. The highest BCUT2D eigenvalue weighted by Gasteiger charge is 2.24. The van der Waals surface area contributed by atoms with Gasteiger partial charge in [0, 0.05) is 18.6 Å².